The average molecular weight is 459 g/mol. The first-order chi connectivity index (χ1) is 16.1. The van der Waals surface area contributed by atoms with Crippen LogP contribution in [0, 0.1) is 11.3 Å². The summed E-state index contributed by atoms with van der Waals surface area (Å²) in [5, 5.41) is 11.9. The summed E-state index contributed by atoms with van der Waals surface area (Å²) in [6.07, 6.45) is -0.142. The van der Waals surface area contributed by atoms with Crippen LogP contribution in [0.1, 0.15) is 5.82 Å². The number of para-hydroxylation sites is 2. The second kappa shape index (κ2) is 9.06. The summed E-state index contributed by atoms with van der Waals surface area (Å²) >= 11 is 1.45. The Morgan fingerprint density at radius 3 is 2.73 bits per heavy atom. The Kier molecular flexibility index (Phi) is 5.82. The number of thiophene rings is 1. The van der Waals surface area contributed by atoms with Gasteiger partial charge in [-0.2, -0.15) is 5.26 Å². The van der Waals surface area contributed by atoms with E-state index in [1.807, 2.05) is 71.9 Å². The normalized spacial score (nSPS) is 15.0. The first-order valence-electron chi connectivity index (χ1n) is 10.6. The molecule has 1 aliphatic rings. The zero-order valence-electron chi connectivity index (χ0n) is 18.1. The monoisotopic (exact) mass is 458 g/mol. The molecule has 0 saturated heterocycles. The van der Waals surface area contributed by atoms with Gasteiger partial charge in [0, 0.05) is 17.5 Å². The van der Waals surface area contributed by atoms with Gasteiger partial charge >= 0.3 is 0 Å². The van der Waals surface area contributed by atoms with Gasteiger partial charge < -0.3 is 9.47 Å². The van der Waals surface area contributed by atoms with Crippen molar-refractivity contribution in [3.63, 3.8) is 0 Å². The Bertz CT molecular complexity index is 1390. The smallest absolute Gasteiger partial charge is 0.263 e. The lowest BCUT2D eigenvalue weighted by Gasteiger charge is -2.29. The molecule has 0 unspecified atom stereocenters. The Labute approximate surface area is 195 Å². The molecule has 0 fully saturated rings. The summed E-state index contributed by atoms with van der Waals surface area (Å²) in [4.78, 5) is 20.9. The van der Waals surface area contributed by atoms with Crippen molar-refractivity contribution in [3.8, 4) is 28.7 Å². The van der Waals surface area contributed by atoms with Crippen LogP contribution in [0.4, 0.5) is 0 Å². The van der Waals surface area contributed by atoms with Crippen LogP contribution >= 0.6 is 11.3 Å². The number of hydrogen-bond donors (Lipinski definition) is 0. The number of nitriles is 1. The largest absolute Gasteiger partial charge is 0.486 e. The Morgan fingerprint density at radius 1 is 1.18 bits per heavy atom. The maximum absolute atomic E-state index is 13.4. The molecule has 0 spiro atoms. The van der Waals surface area contributed by atoms with Crippen LogP contribution in [0.25, 0.3) is 21.3 Å². The number of fused-ring (bicyclic) bond motifs is 2. The fourth-order valence-electron chi connectivity index (χ4n) is 4.06. The Hall–Kier alpha value is -3.67. The molecule has 0 amide bonds. The lowest BCUT2D eigenvalue weighted by Crippen LogP contribution is -2.40. The lowest BCUT2D eigenvalue weighted by molar-refractivity contribution is 0.0629. The number of benzene rings is 2. The zero-order chi connectivity index (χ0) is 22.8. The van der Waals surface area contributed by atoms with E-state index >= 15 is 0 Å². The van der Waals surface area contributed by atoms with Gasteiger partial charge in [0.1, 0.15) is 29.9 Å². The van der Waals surface area contributed by atoms with Gasteiger partial charge in [0.2, 0.25) is 0 Å². The van der Waals surface area contributed by atoms with Gasteiger partial charge in [0.25, 0.3) is 5.56 Å². The molecule has 4 aromatic rings. The molecule has 33 heavy (non-hydrogen) atoms. The average Bonchev–Trinajstić information content (AvgIpc) is 3.26. The van der Waals surface area contributed by atoms with Crippen molar-refractivity contribution in [2.75, 3.05) is 20.2 Å². The van der Waals surface area contributed by atoms with E-state index in [0.29, 0.717) is 35.7 Å². The third-order valence-electron chi connectivity index (χ3n) is 5.58. The van der Waals surface area contributed by atoms with E-state index in [0.717, 1.165) is 22.6 Å². The van der Waals surface area contributed by atoms with Gasteiger partial charge in [-0.05, 0) is 24.7 Å². The quantitative estimate of drug-likeness (QED) is 0.436. The zero-order valence-corrected chi connectivity index (χ0v) is 18.9. The molecule has 8 heteroatoms. The van der Waals surface area contributed by atoms with Crippen molar-refractivity contribution >= 4 is 21.6 Å². The highest BCUT2D eigenvalue weighted by Crippen LogP contribution is 2.32. The van der Waals surface area contributed by atoms with E-state index in [4.69, 9.17) is 14.5 Å². The van der Waals surface area contributed by atoms with E-state index in [9.17, 15) is 10.1 Å². The van der Waals surface area contributed by atoms with Crippen LogP contribution < -0.4 is 15.0 Å². The summed E-state index contributed by atoms with van der Waals surface area (Å²) < 4.78 is 13.3. The maximum Gasteiger partial charge on any atom is 0.263 e. The van der Waals surface area contributed by atoms with Crippen molar-refractivity contribution in [2.24, 2.45) is 0 Å². The fourth-order valence-corrected chi connectivity index (χ4v) is 5.01. The van der Waals surface area contributed by atoms with Gasteiger partial charge in [0.05, 0.1) is 18.0 Å². The molecule has 1 aliphatic heterocycles. The molecule has 0 bridgehead atoms. The van der Waals surface area contributed by atoms with Gasteiger partial charge in [0.15, 0.2) is 11.5 Å². The van der Waals surface area contributed by atoms with Crippen molar-refractivity contribution in [2.45, 2.75) is 19.2 Å². The van der Waals surface area contributed by atoms with E-state index in [2.05, 4.69) is 6.07 Å². The molecule has 0 saturated carbocycles. The van der Waals surface area contributed by atoms with E-state index < -0.39 is 0 Å². The fraction of sp³-hybridized carbons (Fsp3) is 0.240. The molecule has 0 aliphatic carbocycles. The minimum absolute atomic E-state index is 0.0502. The number of hydrogen-bond acceptors (Lipinski definition) is 7. The highest BCUT2D eigenvalue weighted by atomic mass is 32.1. The first kappa shape index (κ1) is 21.2. The SMILES string of the molecule is CN(Cc1nc2scc(-c3ccccc3)c2c(=O)n1CC#N)C[C@@H]1COc2ccccc2O1. The standard InChI is InChI=1S/C25H22N4O3S/c1-28(13-18-15-31-20-9-5-6-10-21(20)32-18)14-22-27-24-23(25(30)29(22)12-11-26)19(16-33-24)17-7-3-2-4-8-17/h2-10,16,18H,12-15H2,1H3/t18-/m1/s1. The van der Waals surface area contributed by atoms with Crippen LogP contribution in [0.3, 0.4) is 0 Å². The summed E-state index contributed by atoms with van der Waals surface area (Å²) in [7, 11) is 1.95. The first-order valence-corrected chi connectivity index (χ1v) is 11.5. The molecule has 5 rings (SSSR count). The predicted octanol–water partition coefficient (Wildman–Crippen LogP) is 3.92. The van der Waals surface area contributed by atoms with E-state index in [-0.39, 0.29) is 18.2 Å². The van der Waals surface area contributed by atoms with Gasteiger partial charge in [-0.3, -0.25) is 14.3 Å². The molecule has 7 nitrogen and oxygen atoms in total. The third-order valence-corrected chi connectivity index (χ3v) is 6.45. The van der Waals surface area contributed by atoms with E-state index in [1.165, 1.54) is 15.9 Å². The summed E-state index contributed by atoms with van der Waals surface area (Å²) in [6.45, 7) is 1.40. The van der Waals surface area contributed by atoms with E-state index in [1.54, 1.807) is 0 Å². The Morgan fingerprint density at radius 2 is 1.94 bits per heavy atom. The van der Waals surface area contributed by atoms with Gasteiger partial charge in [-0.25, -0.2) is 4.98 Å². The second-order valence-corrected chi connectivity index (χ2v) is 8.83. The molecule has 0 radical (unpaired) electrons. The molecular weight excluding hydrogens is 436 g/mol. The number of nitrogens with zero attached hydrogens (tertiary/aromatic N) is 4. The topological polar surface area (TPSA) is 80.4 Å². The predicted molar refractivity (Wildman–Crippen MR) is 128 cm³/mol. The summed E-state index contributed by atoms with van der Waals surface area (Å²) in [5.74, 6) is 2.04. The minimum Gasteiger partial charge on any atom is -0.486 e. The molecular formula is C25H22N4O3S. The lowest BCUT2D eigenvalue weighted by atomic mass is 10.1. The third kappa shape index (κ3) is 4.21. The van der Waals surface area contributed by atoms with Crippen molar-refractivity contribution < 1.29 is 9.47 Å². The second-order valence-electron chi connectivity index (χ2n) is 7.97. The maximum atomic E-state index is 13.4. The van der Waals surface area contributed by atoms with Crippen molar-refractivity contribution in [1.29, 1.82) is 5.26 Å². The number of aromatic nitrogens is 2. The van der Waals surface area contributed by atoms with Crippen LogP contribution in [-0.2, 0) is 13.1 Å². The van der Waals surface area contributed by atoms with Crippen LogP contribution in [0.2, 0.25) is 0 Å². The number of likely N-dealkylation sites (N-methyl/N-ethyl adjacent to an activating group) is 1. The summed E-state index contributed by atoms with van der Waals surface area (Å²) in [5.41, 5.74) is 1.63. The Balaban J connectivity index is 1.41. The van der Waals surface area contributed by atoms with Crippen molar-refractivity contribution in [1.82, 2.24) is 14.5 Å². The number of ether oxygens (including phenoxy) is 2. The van der Waals surface area contributed by atoms with Crippen LogP contribution in [0.5, 0.6) is 11.5 Å². The van der Waals surface area contributed by atoms with Crippen LogP contribution in [0.15, 0.2) is 64.8 Å². The van der Waals surface area contributed by atoms with Crippen molar-refractivity contribution in [3.05, 3.63) is 76.2 Å². The molecule has 0 N–H and O–H groups in total. The van der Waals surface area contributed by atoms with Gasteiger partial charge in [-0.15, -0.1) is 11.3 Å². The molecule has 166 valence electrons. The summed E-state index contributed by atoms with van der Waals surface area (Å²) in [6, 6.07) is 19.5. The molecule has 2 aromatic heterocycles. The highest BCUT2D eigenvalue weighted by Gasteiger charge is 2.23. The van der Waals surface area contributed by atoms with Gasteiger partial charge in [-0.1, -0.05) is 42.5 Å². The van der Waals surface area contributed by atoms with Crippen LogP contribution in [-0.4, -0.2) is 40.8 Å². The number of rotatable bonds is 6. The molecule has 3 heterocycles. The highest BCUT2D eigenvalue weighted by molar-refractivity contribution is 7.17. The molecule has 2 aromatic carbocycles. The molecule has 1 atom stereocenters. The minimum atomic E-state index is -0.184.